The SMILES string of the molecule is CC(C)(C)OC(=O)C(N)(N)c1ccccc1. The van der Waals surface area contributed by atoms with Crippen LogP contribution < -0.4 is 11.5 Å². The molecule has 0 fully saturated rings. The molecule has 0 saturated heterocycles. The molecule has 0 heterocycles. The Morgan fingerprint density at radius 1 is 1.12 bits per heavy atom. The molecule has 1 rings (SSSR count). The molecule has 0 radical (unpaired) electrons. The predicted octanol–water partition coefficient (Wildman–Crippen LogP) is 1.10. The molecule has 0 saturated carbocycles. The third-order valence-corrected chi connectivity index (χ3v) is 1.99. The van der Waals surface area contributed by atoms with Crippen LogP contribution in [0.2, 0.25) is 0 Å². The Bertz CT molecular complexity index is 366. The third-order valence-electron chi connectivity index (χ3n) is 1.99. The van der Waals surface area contributed by atoms with Crippen LogP contribution in [-0.4, -0.2) is 11.6 Å². The second kappa shape index (κ2) is 4.23. The number of carbonyl (C=O) groups excluding carboxylic acids is 1. The summed E-state index contributed by atoms with van der Waals surface area (Å²) in [5.74, 6) is -0.633. The zero-order chi connectivity index (χ0) is 12.4. The van der Waals surface area contributed by atoms with Crippen LogP contribution in [0.1, 0.15) is 26.3 Å². The van der Waals surface area contributed by atoms with Gasteiger partial charge in [-0.3, -0.25) is 0 Å². The van der Waals surface area contributed by atoms with E-state index in [1.807, 2.05) is 6.07 Å². The fourth-order valence-electron chi connectivity index (χ4n) is 1.19. The fourth-order valence-corrected chi connectivity index (χ4v) is 1.19. The molecule has 0 aromatic heterocycles. The zero-order valence-electron chi connectivity index (χ0n) is 9.86. The standard InChI is InChI=1S/C12H18N2O2/c1-11(2,3)16-10(15)12(13,14)9-7-5-4-6-8-9/h4-8H,13-14H2,1-3H3. The molecule has 88 valence electrons. The van der Waals surface area contributed by atoms with Crippen molar-refractivity contribution in [2.24, 2.45) is 11.5 Å². The lowest BCUT2D eigenvalue weighted by atomic mass is 10.0. The Balaban J connectivity index is 2.90. The zero-order valence-corrected chi connectivity index (χ0v) is 9.86. The molecule has 0 spiro atoms. The van der Waals surface area contributed by atoms with E-state index in [2.05, 4.69) is 0 Å². The van der Waals surface area contributed by atoms with E-state index in [-0.39, 0.29) is 0 Å². The van der Waals surface area contributed by atoms with Crippen LogP contribution in [0.15, 0.2) is 30.3 Å². The first-order chi connectivity index (χ1) is 7.23. The summed E-state index contributed by atoms with van der Waals surface area (Å²) < 4.78 is 5.17. The maximum absolute atomic E-state index is 11.8. The Kier molecular flexibility index (Phi) is 3.35. The lowest BCUT2D eigenvalue weighted by molar-refractivity contribution is -0.162. The third kappa shape index (κ3) is 3.05. The molecule has 4 heteroatoms. The molecule has 0 aliphatic heterocycles. The summed E-state index contributed by atoms with van der Waals surface area (Å²) in [5, 5.41) is 0. The lowest BCUT2D eigenvalue weighted by Crippen LogP contribution is -2.55. The molecular weight excluding hydrogens is 204 g/mol. The minimum absolute atomic E-state index is 0.532. The van der Waals surface area contributed by atoms with Gasteiger partial charge in [0, 0.05) is 0 Å². The first-order valence-electron chi connectivity index (χ1n) is 5.10. The topological polar surface area (TPSA) is 78.3 Å². The van der Waals surface area contributed by atoms with Crippen molar-refractivity contribution in [2.45, 2.75) is 32.0 Å². The summed E-state index contributed by atoms with van der Waals surface area (Å²) in [6, 6.07) is 8.77. The van der Waals surface area contributed by atoms with Gasteiger partial charge in [-0.25, -0.2) is 4.79 Å². The average molecular weight is 222 g/mol. The lowest BCUT2D eigenvalue weighted by Gasteiger charge is -2.28. The van der Waals surface area contributed by atoms with Crippen LogP contribution in [0.3, 0.4) is 0 Å². The Hall–Kier alpha value is -1.39. The number of carbonyl (C=O) groups is 1. The summed E-state index contributed by atoms with van der Waals surface area (Å²) >= 11 is 0. The fraction of sp³-hybridized carbons (Fsp3) is 0.417. The minimum atomic E-state index is -1.60. The Labute approximate surface area is 95.6 Å². The number of nitrogens with two attached hydrogens (primary N) is 2. The number of ether oxygens (including phenoxy) is 1. The van der Waals surface area contributed by atoms with Crippen LogP contribution in [0.4, 0.5) is 0 Å². The van der Waals surface area contributed by atoms with E-state index >= 15 is 0 Å². The molecule has 1 aromatic rings. The van der Waals surface area contributed by atoms with Crippen molar-refractivity contribution < 1.29 is 9.53 Å². The van der Waals surface area contributed by atoms with Gasteiger partial charge in [-0.15, -0.1) is 0 Å². The number of hydrogen-bond donors (Lipinski definition) is 2. The normalized spacial score (nSPS) is 12.3. The molecule has 16 heavy (non-hydrogen) atoms. The summed E-state index contributed by atoms with van der Waals surface area (Å²) in [7, 11) is 0. The van der Waals surface area contributed by atoms with Gasteiger partial charge in [0.05, 0.1) is 0 Å². The van der Waals surface area contributed by atoms with E-state index in [1.54, 1.807) is 45.0 Å². The van der Waals surface area contributed by atoms with Crippen molar-refractivity contribution in [1.29, 1.82) is 0 Å². The van der Waals surface area contributed by atoms with E-state index in [1.165, 1.54) is 0 Å². The molecule has 0 unspecified atom stereocenters. The first kappa shape index (κ1) is 12.7. The van der Waals surface area contributed by atoms with E-state index in [9.17, 15) is 4.79 Å². The van der Waals surface area contributed by atoms with E-state index < -0.39 is 17.2 Å². The highest BCUT2D eigenvalue weighted by atomic mass is 16.6. The van der Waals surface area contributed by atoms with Gasteiger partial charge < -0.3 is 16.2 Å². The largest absolute Gasteiger partial charge is 0.457 e. The number of rotatable bonds is 2. The first-order valence-corrected chi connectivity index (χ1v) is 5.10. The number of hydrogen-bond acceptors (Lipinski definition) is 4. The highest BCUT2D eigenvalue weighted by Gasteiger charge is 2.35. The minimum Gasteiger partial charge on any atom is -0.457 e. The van der Waals surface area contributed by atoms with Crippen molar-refractivity contribution in [3.05, 3.63) is 35.9 Å². The van der Waals surface area contributed by atoms with Gasteiger partial charge >= 0.3 is 5.97 Å². The van der Waals surface area contributed by atoms with Crippen LogP contribution in [0.25, 0.3) is 0 Å². The van der Waals surface area contributed by atoms with Gasteiger partial charge in [0.15, 0.2) is 5.66 Å². The molecule has 0 bridgehead atoms. The second-order valence-corrected chi connectivity index (χ2v) is 4.74. The molecular formula is C12H18N2O2. The maximum Gasteiger partial charge on any atom is 0.346 e. The summed E-state index contributed by atoms with van der Waals surface area (Å²) in [6.07, 6.45) is 0. The van der Waals surface area contributed by atoms with Crippen molar-refractivity contribution >= 4 is 5.97 Å². The quantitative estimate of drug-likeness (QED) is 0.580. The van der Waals surface area contributed by atoms with Crippen LogP contribution >= 0.6 is 0 Å². The van der Waals surface area contributed by atoms with Crippen molar-refractivity contribution in [3.63, 3.8) is 0 Å². The van der Waals surface area contributed by atoms with Crippen LogP contribution in [0.5, 0.6) is 0 Å². The van der Waals surface area contributed by atoms with Gasteiger partial charge in [-0.2, -0.15) is 0 Å². The molecule has 0 aliphatic carbocycles. The summed E-state index contributed by atoms with van der Waals surface area (Å²) in [6.45, 7) is 5.31. The van der Waals surface area contributed by atoms with E-state index in [0.717, 1.165) is 0 Å². The predicted molar refractivity (Wildman–Crippen MR) is 62.3 cm³/mol. The van der Waals surface area contributed by atoms with Crippen LogP contribution in [-0.2, 0) is 15.2 Å². The maximum atomic E-state index is 11.8. The van der Waals surface area contributed by atoms with Crippen molar-refractivity contribution in [3.8, 4) is 0 Å². The monoisotopic (exact) mass is 222 g/mol. The molecule has 0 amide bonds. The summed E-state index contributed by atoms with van der Waals surface area (Å²) in [5.41, 5.74) is 9.91. The molecule has 1 aromatic carbocycles. The highest BCUT2D eigenvalue weighted by molar-refractivity contribution is 5.81. The average Bonchev–Trinajstić information content (AvgIpc) is 2.16. The Morgan fingerprint density at radius 3 is 2.06 bits per heavy atom. The van der Waals surface area contributed by atoms with Gasteiger partial charge in [-0.1, -0.05) is 30.3 Å². The molecule has 0 aliphatic rings. The van der Waals surface area contributed by atoms with E-state index in [4.69, 9.17) is 16.2 Å². The number of esters is 1. The van der Waals surface area contributed by atoms with E-state index in [0.29, 0.717) is 5.56 Å². The highest BCUT2D eigenvalue weighted by Crippen LogP contribution is 2.17. The summed E-state index contributed by atoms with van der Waals surface area (Å²) in [4.78, 5) is 11.8. The van der Waals surface area contributed by atoms with Crippen molar-refractivity contribution in [1.82, 2.24) is 0 Å². The smallest absolute Gasteiger partial charge is 0.346 e. The molecule has 4 nitrogen and oxygen atoms in total. The molecule has 0 atom stereocenters. The van der Waals surface area contributed by atoms with Gasteiger partial charge in [-0.05, 0) is 26.3 Å². The molecule has 4 N–H and O–H groups in total. The van der Waals surface area contributed by atoms with Gasteiger partial charge in [0.2, 0.25) is 0 Å². The second-order valence-electron chi connectivity index (χ2n) is 4.74. The van der Waals surface area contributed by atoms with Crippen molar-refractivity contribution in [2.75, 3.05) is 0 Å². The van der Waals surface area contributed by atoms with Gasteiger partial charge in [0.25, 0.3) is 0 Å². The number of benzene rings is 1. The van der Waals surface area contributed by atoms with Gasteiger partial charge in [0.1, 0.15) is 5.60 Å². The van der Waals surface area contributed by atoms with Crippen LogP contribution in [0, 0.1) is 0 Å². The Morgan fingerprint density at radius 2 is 1.62 bits per heavy atom.